The number of β-lactam (4-membered cyclic amide) rings is 1. The number of aryl methyl sites for hydroxylation is 1. The summed E-state index contributed by atoms with van der Waals surface area (Å²) in [6, 6.07) is 8.29. The molecule has 28 heavy (non-hydrogen) atoms. The highest BCUT2D eigenvalue weighted by Gasteiger charge is 2.60. The first-order valence-electron chi connectivity index (χ1n) is 9.71. The van der Waals surface area contributed by atoms with Gasteiger partial charge in [0.1, 0.15) is 5.70 Å². The number of likely N-dealkylation sites (tertiary alicyclic amines) is 1. The van der Waals surface area contributed by atoms with Gasteiger partial charge in [-0.3, -0.25) is 9.69 Å². The third-order valence-corrected chi connectivity index (χ3v) is 7.51. The highest BCUT2D eigenvalue weighted by Crippen LogP contribution is 2.51. The predicted molar refractivity (Wildman–Crippen MR) is 107 cm³/mol. The zero-order chi connectivity index (χ0) is 20.2. The highest BCUT2D eigenvalue weighted by molar-refractivity contribution is 8.03. The molecule has 0 spiro atoms. The molecule has 0 saturated carbocycles. The second-order valence-corrected chi connectivity index (χ2v) is 9.53. The molecule has 2 saturated heterocycles. The third kappa shape index (κ3) is 3.15. The number of carboxylic acids is 1. The molecule has 1 amide bonds. The lowest BCUT2D eigenvalue weighted by Crippen LogP contribution is -2.63. The molecule has 1 aromatic rings. The van der Waals surface area contributed by atoms with Gasteiger partial charge in [-0.25, -0.2) is 4.79 Å². The van der Waals surface area contributed by atoms with Crippen molar-refractivity contribution < 1.29 is 19.8 Å². The van der Waals surface area contributed by atoms with E-state index in [2.05, 4.69) is 36.1 Å². The average molecular weight is 403 g/mol. The lowest BCUT2D eigenvalue weighted by Gasteiger charge is -2.46. The number of thioether (sulfide) groups is 1. The van der Waals surface area contributed by atoms with E-state index in [9.17, 15) is 19.8 Å². The van der Waals surface area contributed by atoms with Crippen molar-refractivity contribution in [2.75, 3.05) is 13.1 Å². The molecule has 7 heteroatoms. The van der Waals surface area contributed by atoms with Gasteiger partial charge in [-0.05, 0) is 19.4 Å². The molecule has 0 radical (unpaired) electrons. The number of carbonyl (C=O) groups excluding carboxylic acids is 1. The summed E-state index contributed by atoms with van der Waals surface area (Å²) in [5, 5.41) is 20.0. The second kappa shape index (κ2) is 7.21. The Bertz CT molecular complexity index is 829. The number of fused-ring (bicyclic) bond motifs is 1. The van der Waals surface area contributed by atoms with Crippen LogP contribution in [0, 0.1) is 18.8 Å². The molecule has 0 bridgehead atoms. The number of rotatable bonds is 6. The van der Waals surface area contributed by atoms with Crippen LogP contribution in [0.4, 0.5) is 0 Å². The van der Waals surface area contributed by atoms with Crippen LogP contribution in [-0.2, 0) is 16.1 Å². The molecule has 4 rings (SSSR count). The summed E-state index contributed by atoms with van der Waals surface area (Å²) >= 11 is 1.60. The molecule has 2 fully saturated rings. The van der Waals surface area contributed by atoms with Crippen molar-refractivity contribution >= 4 is 23.6 Å². The SMILES string of the molecule is Cc1ccc(CN2CC(SC3=C(C(=O)O)N4C(=O)[C@H]([C@@H](C)O)[C@H]4[C@H]3C)C2)cc1. The monoisotopic (exact) mass is 402 g/mol. The first-order chi connectivity index (χ1) is 13.3. The fourth-order valence-corrected chi connectivity index (χ4v) is 6.12. The molecule has 3 heterocycles. The van der Waals surface area contributed by atoms with Gasteiger partial charge in [-0.15, -0.1) is 11.8 Å². The van der Waals surface area contributed by atoms with E-state index < -0.39 is 18.0 Å². The number of carboxylic acid groups (broad SMARTS) is 1. The maximum Gasteiger partial charge on any atom is 0.353 e. The van der Waals surface area contributed by atoms with Crippen LogP contribution in [0.1, 0.15) is 25.0 Å². The summed E-state index contributed by atoms with van der Waals surface area (Å²) < 4.78 is 0. The molecule has 3 aliphatic rings. The number of nitrogens with zero attached hydrogens (tertiary/aromatic N) is 2. The van der Waals surface area contributed by atoms with E-state index in [0.717, 1.165) is 24.5 Å². The zero-order valence-corrected chi connectivity index (χ0v) is 17.1. The molecule has 150 valence electrons. The Morgan fingerprint density at radius 1 is 1.29 bits per heavy atom. The summed E-state index contributed by atoms with van der Waals surface area (Å²) in [6.07, 6.45) is -0.760. The fraction of sp³-hybridized carbons (Fsp3) is 0.524. The van der Waals surface area contributed by atoms with Crippen molar-refractivity contribution in [3.63, 3.8) is 0 Å². The first kappa shape index (κ1) is 19.5. The van der Waals surface area contributed by atoms with Gasteiger partial charge in [-0.2, -0.15) is 0 Å². The number of benzene rings is 1. The number of amides is 1. The lowest BCUT2D eigenvalue weighted by molar-refractivity contribution is -0.163. The van der Waals surface area contributed by atoms with E-state index in [-0.39, 0.29) is 23.6 Å². The third-order valence-electron chi connectivity index (χ3n) is 6.06. The van der Waals surface area contributed by atoms with Gasteiger partial charge in [0.05, 0.1) is 18.1 Å². The van der Waals surface area contributed by atoms with Gasteiger partial charge in [0.15, 0.2) is 0 Å². The van der Waals surface area contributed by atoms with E-state index in [0.29, 0.717) is 5.25 Å². The quantitative estimate of drug-likeness (QED) is 0.709. The highest BCUT2D eigenvalue weighted by atomic mass is 32.2. The van der Waals surface area contributed by atoms with Crippen LogP contribution in [0.15, 0.2) is 34.9 Å². The van der Waals surface area contributed by atoms with Crippen molar-refractivity contribution in [1.29, 1.82) is 0 Å². The lowest BCUT2D eigenvalue weighted by atomic mass is 9.79. The Morgan fingerprint density at radius 3 is 2.50 bits per heavy atom. The average Bonchev–Trinajstić information content (AvgIpc) is 2.83. The van der Waals surface area contributed by atoms with Crippen molar-refractivity contribution in [1.82, 2.24) is 9.80 Å². The van der Waals surface area contributed by atoms with Crippen LogP contribution in [0.2, 0.25) is 0 Å². The normalized spacial score (nSPS) is 28.8. The summed E-state index contributed by atoms with van der Waals surface area (Å²) in [5.41, 5.74) is 2.66. The number of aliphatic carboxylic acids is 1. The van der Waals surface area contributed by atoms with Crippen LogP contribution in [0.3, 0.4) is 0 Å². The van der Waals surface area contributed by atoms with Gasteiger partial charge in [0.2, 0.25) is 5.91 Å². The minimum Gasteiger partial charge on any atom is -0.477 e. The molecule has 0 unspecified atom stereocenters. The van der Waals surface area contributed by atoms with Crippen LogP contribution < -0.4 is 0 Å². The summed E-state index contributed by atoms with van der Waals surface area (Å²) in [4.78, 5) is 28.8. The molecule has 2 N–H and O–H groups in total. The molecular formula is C21H26N2O4S. The zero-order valence-electron chi connectivity index (χ0n) is 16.3. The Labute approximate surface area is 169 Å². The smallest absolute Gasteiger partial charge is 0.353 e. The Morgan fingerprint density at radius 2 is 1.93 bits per heavy atom. The van der Waals surface area contributed by atoms with E-state index >= 15 is 0 Å². The van der Waals surface area contributed by atoms with Crippen molar-refractivity contribution in [2.24, 2.45) is 11.8 Å². The van der Waals surface area contributed by atoms with E-state index in [1.165, 1.54) is 16.0 Å². The molecule has 0 aromatic heterocycles. The summed E-state index contributed by atoms with van der Waals surface area (Å²) in [5.74, 6) is -1.87. The second-order valence-electron chi connectivity index (χ2n) is 8.19. The van der Waals surface area contributed by atoms with E-state index in [1.807, 2.05) is 6.92 Å². The molecule has 6 nitrogen and oxygen atoms in total. The van der Waals surface area contributed by atoms with Crippen LogP contribution >= 0.6 is 11.8 Å². The molecule has 1 aromatic carbocycles. The number of carbonyl (C=O) groups is 2. The van der Waals surface area contributed by atoms with Gasteiger partial charge in [0.25, 0.3) is 0 Å². The maximum atomic E-state index is 12.4. The minimum absolute atomic E-state index is 0.0560. The van der Waals surface area contributed by atoms with Crippen molar-refractivity contribution in [3.8, 4) is 0 Å². The molecular weight excluding hydrogens is 376 g/mol. The Kier molecular flexibility index (Phi) is 5.02. The van der Waals surface area contributed by atoms with E-state index in [1.54, 1.807) is 18.7 Å². The number of aliphatic hydroxyl groups is 1. The summed E-state index contributed by atoms with van der Waals surface area (Å²) in [6.45, 7) is 8.36. The summed E-state index contributed by atoms with van der Waals surface area (Å²) in [7, 11) is 0. The minimum atomic E-state index is -1.05. The van der Waals surface area contributed by atoms with Crippen LogP contribution in [-0.4, -0.2) is 62.4 Å². The standard InChI is InChI=1S/C21H26N2O4S/c1-11-4-6-14(7-5-11)8-22-9-15(10-22)28-19-12(2)17-16(13(3)24)20(25)23(17)18(19)21(26)27/h4-7,12-13,15-17,24H,8-10H2,1-3H3,(H,26,27)/t12-,13-,16-,17-/m1/s1. The van der Waals surface area contributed by atoms with Crippen LogP contribution in [0.5, 0.6) is 0 Å². The number of aliphatic hydroxyl groups excluding tert-OH is 1. The molecule has 3 aliphatic heterocycles. The van der Waals surface area contributed by atoms with Crippen LogP contribution in [0.25, 0.3) is 0 Å². The maximum absolute atomic E-state index is 12.4. The molecule has 4 atom stereocenters. The topological polar surface area (TPSA) is 81.1 Å². The fourth-order valence-electron chi connectivity index (χ4n) is 4.54. The first-order valence-corrected chi connectivity index (χ1v) is 10.6. The Hall–Kier alpha value is -1.83. The van der Waals surface area contributed by atoms with Gasteiger partial charge in [0, 0.05) is 35.7 Å². The van der Waals surface area contributed by atoms with Crippen molar-refractivity contribution in [3.05, 3.63) is 46.0 Å². The predicted octanol–water partition coefficient (Wildman–Crippen LogP) is 2.07. The van der Waals surface area contributed by atoms with Gasteiger partial charge in [-0.1, -0.05) is 36.8 Å². The van der Waals surface area contributed by atoms with Crippen molar-refractivity contribution in [2.45, 2.75) is 44.7 Å². The molecule has 0 aliphatic carbocycles. The van der Waals surface area contributed by atoms with Gasteiger partial charge < -0.3 is 15.1 Å². The van der Waals surface area contributed by atoms with Gasteiger partial charge >= 0.3 is 5.97 Å². The largest absolute Gasteiger partial charge is 0.477 e. The van der Waals surface area contributed by atoms with E-state index in [4.69, 9.17) is 0 Å². The number of hydrogen-bond acceptors (Lipinski definition) is 5. The Balaban J connectivity index is 1.41. The number of hydrogen-bond donors (Lipinski definition) is 2.